The van der Waals surface area contributed by atoms with Gasteiger partial charge in [-0.15, -0.1) is 0 Å². The lowest BCUT2D eigenvalue weighted by atomic mass is 9.79. The van der Waals surface area contributed by atoms with Crippen LogP contribution in [0.5, 0.6) is 0 Å². The molecule has 2 aliphatic rings. The molecule has 0 bridgehead atoms. The summed E-state index contributed by atoms with van der Waals surface area (Å²) < 4.78 is 0. The quantitative estimate of drug-likeness (QED) is 0.638. The summed E-state index contributed by atoms with van der Waals surface area (Å²) in [5.74, 6) is 1.24. The van der Waals surface area contributed by atoms with E-state index in [0.29, 0.717) is 18.1 Å². The zero-order valence-corrected chi connectivity index (χ0v) is 8.36. The molecular formula is C9H17NOS. The Morgan fingerprint density at radius 2 is 2.50 bits per heavy atom. The lowest BCUT2D eigenvalue weighted by Crippen LogP contribution is -2.39. The average molecular weight is 187 g/mol. The maximum atomic E-state index is 9.21. The molecule has 0 aromatic heterocycles. The largest absolute Gasteiger partial charge is 0.395 e. The van der Waals surface area contributed by atoms with Gasteiger partial charge >= 0.3 is 0 Å². The summed E-state index contributed by atoms with van der Waals surface area (Å²) in [7, 11) is 0. The molecule has 0 aliphatic carbocycles. The Kier molecular flexibility index (Phi) is 2.36. The first kappa shape index (κ1) is 8.85. The SMILES string of the molecule is CC1CC2(CCNC2CO)CS1. The highest BCUT2D eigenvalue weighted by Crippen LogP contribution is 2.47. The number of aliphatic hydroxyl groups is 1. The second-order valence-corrected chi connectivity index (χ2v) is 5.55. The molecule has 0 aromatic carbocycles. The summed E-state index contributed by atoms with van der Waals surface area (Å²) in [5.41, 5.74) is 0.429. The highest BCUT2D eigenvalue weighted by Gasteiger charge is 2.46. The molecule has 2 heterocycles. The van der Waals surface area contributed by atoms with Crippen molar-refractivity contribution in [1.82, 2.24) is 5.32 Å². The Hall–Kier alpha value is 0.270. The molecule has 0 amide bonds. The van der Waals surface area contributed by atoms with Gasteiger partial charge in [-0.3, -0.25) is 0 Å². The third kappa shape index (κ3) is 1.28. The molecule has 1 spiro atoms. The topological polar surface area (TPSA) is 32.3 Å². The molecule has 12 heavy (non-hydrogen) atoms. The van der Waals surface area contributed by atoms with Crippen LogP contribution in [0.2, 0.25) is 0 Å². The first-order valence-electron chi connectivity index (χ1n) is 4.73. The minimum absolute atomic E-state index is 0.313. The summed E-state index contributed by atoms with van der Waals surface area (Å²) in [6.45, 7) is 3.71. The van der Waals surface area contributed by atoms with E-state index >= 15 is 0 Å². The number of nitrogens with one attached hydrogen (secondary N) is 1. The molecule has 2 fully saturated rings. The molecule has 2 aliphatic heterocycles. The van der Waals surface area contributed by atoms with E-state index in [-0.39, 0.29) is 0 Å². The summed E-state index contributed by atoms with van der Waals surface area (Å²) in [4.78, 5) is 0. The molecule has 2 saturated heterocycles. The van der Waals surface area contributed by atoms with Crippen LogP contribution >= 0.6 is 11.8 Å². The van der Waals surface area contributed by atoms with Gasteiger partial charge in [-0.1, -0.05) is 6.92 Å². The molecule has 70 valence electrons. The van der Waals surface area contributed by atoms with E-state index in [1.54, 1.807) is 0 Å². The second kappa shape index (κ2) is 3.20. The van der Waals surface area contributed by atoms with Gasteiger partial charge in [-0.2, -0.15) is 11.8 Å². The Bertz CT molecular complexity index is 176. The number of hydrogen-bond donors (Lipinski definition) is 2. The second-order valence-electron chi connectivity index (χ2n) is 4.13. The zero-order valence-electron chi connectivity index (χ0n) is 7.55. The van der Waals surface area contributed by atoms with Gasteiger partial charge in [0.1, 0.15) is 0 Å². The van der Waals surface area contributed by atoms with Crippen molar-refractivity contribution >= 4 is 11.8 Å². The van der Waals surface area contributed by atoms with Crippen molar-refractivity contribution < 1.29 is 5.11 Å². The van der Waals surface area contributed by atoms with Crippen LogP contribution in [0.4, 0.5) is 0 Å². The van der Waals surface area contributed by atoms with Crippen molar-refractivity contribution in [2.24, 2.45) is 5.41 Å². The van der Waals surface area contributed by atoms with Gasteiger partial charge in [-0.25, -0.2) is 0 Å². The summed E-state index contributed by atoms with van der Waals surface area (Å²) >= 11 is 2.06. The van der Waals surface area contributed by atoms with Crippen LogP contribution in [-0.2, 0) is 0 Å². The van der Waals surface area contributed by atoms with E-state index in [1.165, 1.54) is 18.6 Å². The monoisotopic (exact) mass is 187 g/mol. The summed E-state index contributed by atoms with van der Waals surface area (Å²) in [6, 6.07) is 0.370. The van der Waals surface area contributed by atoms with Gasteiger partial charge < -0.3 is 10.4 Å². The normalized spacial score (nSPS) is 47.5. The van der Waals surface area contributed by atoms with Gasteiger partial charge in [0.05, 0.1) is 6.61 Å². The zero-order chi connectivity index (χ0) is 8.60. The molecule has 3 atom stereocenters. The maximum absolute atomic E-state index is 9.21. The highest BCUT2D eigenvalue weighted by atomic mass is 32.2. The van der Waals surface area contributed by atoms with Crippen LogP contribution in [0, 0.1) is 5.41 Å². The van der Waals surface area contributed by atoms with E-state index in [1.807, 2.05) is 0 Å². The lowest BCUT2D eigenvalue weighted by molar-refractivity contribution is 0.173. The van der Waals surface area contributed by atoms with Crippen LogP contribution in [0.15, 0.2) is 0 Å². The minimum Gasteiger partial charge on any atom is -0.395 e. The van der Waals surface area contributed by atoms with E-state index in [0.717, 1.165) is 11.8 Å². The molecule has 2 nitrogen and oxygen atoms in total. The molecular weight excluding hydrogens is 170 g/mol. The third-order valence-corrected chi connectivity index (χ3v) is 4.76. The van der Waals surface area contributed by atoms with Crippen LogP contribution in [0.3, 0.4) is 0 Å². The molecule has 0 saturated carbocycles. The van der Waals surface area contributed by atoms with Crippen LogP contribution < -0.4 is 5.32 Å². The van der Waals surface area contributed by atoms with Crippen molar-refractivity contribution in [2.45, 2.75) is 31.1 Å². The van der Waals surface area contributed by atoms with Gasteiger partial charge in [-0.05, 0) is 24.8 Å². The van der Waals surface area contributed by atoms with E-state index < -0.39 is 0 Å². The predicted molar refractivity (Wildman–Crippen MR) is 52.5 cm³/mol. The summed E-state index contributed by atoms with van der Waals surface area (Å²) in [5, 5.41) is 13.4. The number of rotatable bonds is 1. The van der Waals surface area contributed by atoms with Crippen molar-refractivity contribution in [3.05, 3.63) is 0 Å². The lowest BCUT2D eigenvalue weighted by Gasteiger charge is -2.28. The first-order valence-corrected chi connectivity index (χ1v) is 5.77. The van der Waals surface area contributed by atoms with Crippen LogP contribution in [0.25, 0.3) is 0 Å². The average Bonchev–Trinajstić information content (AvgIpc) is 2.60. The standard InChI is InChI=1S/C9H17NOS/c1-7-4-9(6-12-7)2-3-10-8(9)5-11/h7-8,10-11H,2-6H2,1H3. The first-order chi connectivity index (χ1) is 5.77. The minimum atomic E-state index is 0.313. The number of thioether (sulfide) groups is 1. The fourth-order valence-corrected chi connectivity index (χ4v) is 4.09. The molecule has 3 unspecified atom stereocenters. The van der Waals surface area contributed by atoms with Crippen molar-refractivity contribution in [3.8, 4) is 0 Å². The van der Waals surface area contributed by atoms with Gasteiger partial charge in [0.25, 0.3) is 0 Å². The Balaban J connectivity index is 2.09. The van der Waals surface area contributed by atoms with Crippen molar-refractivity contribution in [2.75, 3.05) is 18.9 Å². The smallest absolute Gasteiger partial charge is 0.0590 e. The molecule has 3 heteroatoms. The molecule has 2 rings (SSSR count). The maximum Gasteiger partial charge on any atom is 0.0590 e. The van der Waals surface area contributed by atoms with Crippen molar-refractivity contribution in [1.29, 1.82) is 0 Å². The van der Waals surface area contributed by atoms with Crippen LogP contribution in [-0.4, -0.2) is 35.3 Å². The third-order valence-electron chi connectivity index (χ3n) is 3.28. The Morgan fingerprint density at radius 1 is 1.67 bits per heavy atom. The molecule has 2 N–H and O–H groups in total. The molecule has 0 aromatic rings. The Morgan fingerprint density at radius 3 is 3.08 bits per heavy atom. The van der Waals surface area contributed by atoms with Gasteiger partial charge in [0, 0.05) is 17.0 Å². The number of hydrogen-bond acceptors (Lipinski definition) is 3. The Labute approximate surface area is 78.1 Å². The predicted octanol–water partition coefficient (Wildman–Crippen LogP) is 0.852. The van der Waals surface area contributed by atoms with Crippen LogP contribution in [0.1, 0.15) is 19.8 Å². The molecule has 0 radical (unpaired) electrons. The van der Waals surface area contributed by atoms with E-state index in [4.69, 9.17) is 0 Å². The number of aliphatic hydroxyl groups excluding tert-OH is 1. The van der Waals surface area contributed by atoms with E-state index in [2.05, 4.69) is 24.0 Å². The van der Waals surface area contributed by atoms with Gasteiger partial charge in [0.15, 0.2) is 0 Å². The summed E-state index contributed by atoms with van der Waals surface area (Å²) in [6.07, 6.45) is 2.55. The highest BCUT2D eigenvalue weighted by molar-refractivity contribution is 8.00. The van der Waals surface area contributed by atoms with Crippen molar-refractivity contribution in [3.63, 3.8) is 0 Å². The fourth-order valence-electron chi connectivity index (χ4n) is 2.56. The van der Waals surface area contributed by atoms with E-state index in [9.17, 15) is 5.11 Å². The van der Waals surface area contributed by atoms with Gasteiger partial charge in [0.2, 0.25) is 0 Å². The fraction of sp³-hybridized carbons (Fsp3) is 1.00.